The second-order valence-electron chi connectivity index (χ2n) is 4.21. The number of urea groups is 1. The van der Waals surface area contributed by atoms with Crippen molar-refractivity contribution in [2.75, 3.05) is 11.9 Å². The van der Waals surface area contributed by atoms with E-state index >= 15 is 0 Å². The van der Waals surface area contributed by atoms with Crippen molar-refractivity contribution in [3.8, 4) is 0 Å². The van der Waals surface area contributed by atoms with Gasteiger partial charge in [0, 0.05) is 24.4 Å². The summed E-state index contributed by atoms with van der Waals surface area (Å²) in [5.41, 5.74) is 0.352. The van der Waals surface area contributed by atoms with Crippen LogP contribution < -0.4 is 10.6 Å². The van der Waals surface area contributed by atoms with Crippen molar-refractivity contribution in [3.05, 3.63) is 34.4 Å². The van der Waals surface area contributed by atoms with Gasteiger partial charge in [-0.15, -0.1) is 0 Å². The van der Waals surface area contributed by atoms with Crippen molar-refractivity contribution >= 4 is 23.4 Å². The summed E-state index contributed by atoms with van der Waals surface area (Å²) < 4.78 is 0. The zero-order valence-corrected chi connectivity index (χ0v) is 10.8. The van der Waals surface area contributed by atoms with Crippen LogP contribution in [0.25, 0.3) is 0 Å². The van der Waals surface area contributed by atoms with Crippen molar-refractivity contribution < 1.29 is 19.6 Å². The smallest absolute Gasteiger partial charge is 0.319 e. The summed E-state index contributed by atoms with van der Waals surface area (Å²) in [6, 6.07) is 4.90. The summed E-state index contributed by atoms with van der Waals surface area (Å²) in [5.74, 6) is -1.45. The second kappa shape index (κ2) is 7.07. The fourth-order valence-electron chi connectivity index (χ4n) is 1.37. The molecule has 0 aromatic heterocycles. The van der Waals surface area contributed by atoms with Crippen molar-refractivity contribution in [1.82, 2.24) is 5.32 Å². The first kappa shape index (κ1) is 15.4. The van der Waals surface area contributed by atoms with E-state index in [1.807, 2.05) is 0 Å². The number of non-ortho nitro benzene ring substituents is 1. The van der Waals surface area contributed by atoms with Crippen molar-refractivity contribution in [3.63, 3.8) is 0 Å². The van der Waals surface area contributed by atoms with Crippen LogP contribution in [0.15, 0.2) is 24.3 Å². The van der Waals surface area contributed by atoms with E-state index in [0.29, 0.717) is 12.1 Å². The topological polar surface area (TPSA) is 122 Å². The Labute approximate surface area is 114 Å². The molecule has 8 heteroatoms. The number of nitro benzene ring substituents is 1. The number of amides is 2. The molecule has 1 atom stereocenters. The number of anilines is 1. The van der Waals surface area contributed by atoms with E-state index in [-0.39, 0.29) is 12.2 Å². The summed E-state index contributed by atoms with van der Waals surface area (Å²) in [6.45, 7) is 1.78. The number of carbonyl (C=O) groups excluding carboxylic acids is 1. The molecular formula is C12H15N3O5. The van der Waals surface area contributed by atoms with Crippen LogP contribution in [-0.2, 0) is 4.79 Å². The lowest BCUT2D eigenvalue weighted by Crippen LogP contribution is -2.31. The van der Waals surface area contributed by atoms with E-state index in [2.05, 4.69) is 10.6 Å². The highest BCUT2D eigenvalue weighted by Crippen LogP contribution is 2.15. The zero-order valence-electron chi connectivity index (χ0n) is 10.8. The molecule has 0 saturated carbocycles. The van der Waals surface area contributed by atoms with Gasteiger partial charge in [-0.25, -0.2) is 4.79 Å². The molecule has 0 radical (unpaired) electrons. The minimum absolute atomic E-state index is 0.0637. The molecular weight excluding hydrogens is 266 g/mol. The number of carboxylic acids is 1. The third-order valence-electron chi connectivity index (χ3n) is 2.62. The van der Waals surface area contributed by atoms with Crippen LogP contribution in [0.5, 0.6) is 0 Å². The maximum Gasteiger partial charge on any atom is 0.319 e. The Morgan fingerprint density at radius 2 is 1.95 bits per heavy atom. The molecule has 1 rings (SSSR count). The van der Waals surface area contributed by atoms with Crippen LogP contribution >= 0.6 is 0 Å². The van der Waals surface area contributed by atoms with Gasteiger partial charge < -0.3 is 15.7 Å². The van der Waals surface area contributed by atoms with Gasteiger partial charge in [0.05, 0.1) is 10.8 Å². The molecule has 2 amide bonds. The molecule has 1 aromatic carbocycles. The fourth-order valence-corrected chi connectivity index (χ4v) is 1.37. The van der Waals surface area contributed by atoms with Crippen LogP contribution in [0.3, 0.4) is 0 Å². The minimum atomic E-state index is -0.914. The monoisotopic (exact) mass is 281 g/mol. The molecule has 20 heavy (non-hydrogen) atoms. The molecule has 108 valence electrons. The van der Waals surface area contributed by atoms with Gasteiger partial charge in [0.25, 0.3) is 5.69 Å². The Kier molecular flexibility index (Phi) is 5.45. The molecule has 0 spiro atoms. The Bertz CT molecular complexity index is 500. The van der Waals surface area contributed by atoms with Crippen LogP contribution in [0.4, 0.5) is 16.2 Å². The summed E-state index contributed by atoms with van der Waals surface area (Å²) in [4.78, 5) is 32.0. The standard InChI is InChI=1S/C12H15N3O5/c1-8(11(16)17)6-7-13-12(18)14-9-2-4-10(5-3-9)15(19)20/h2-5,8H,6-7H2,1H3,(H,16,17)(H2,13,14,18). The Morgan fingerprint density at radius 1 is 1.35 bits per heavy atom. The van der Waals surface area contributed by atoms with Gasteiger partial charge in [-0.3, -0.25) is 14.9 Å². The van der Waals surface area contributed by atoms with Gasteiger partial charge in [-0.05, 0) is 18.6 Å². The number of hydrogen-bond acceptors (Lipinski definition) is 4. The number of nitrogens with zero attached hydrogens (tertiary/aromatic N) is 1. The molecule has 0 bridgehead atoms. The number of carboxylic acid groups (broad SMARTS) is 1. The molecule has 0 saturated heterocycles. The molecule has 1 unspecified atom stereocenters. The van der Waals surface area contributed by atoms with Crippen LogP contribution in [0.2, 0.25) is 0 Å². The number of rotatable bonds is 6. The summed E-state index contributed by atoms with van der Waals surface area (Å²) in [5, 5.41) is 24.1. The van der Waals surface area contributed by atoms with E-state index in [0.717, 1.165) is 0 Å². The highest BCUT2D eigenvalue weighted by molar-refractivity contribution is 5.89. The van der Waals surface area contributed by atoms with Crippen LogP contribution in [0.1, 0.15) is 13.3 Å². The number of nitro groups is 1. The van der Waals surface area contributed by atoms with E-state index < -0.39 is 22.8 Å². The van der Waals surface area contributed by atoms with Crippen LogP contribution in [0, 0.1) is 16.0 Å². The normalized spacial score (nSPS) is 11.4. The first-order valence-corrected chi connectivity index (χ1v) is 5.92. The predicted octanol–water partition coefficient (Wildman–Crippen LogP) is 1.83. The average molecular weight is 281 g/mol. The van der Waals surface area contributed by atoms with Gasteiger partial charge >= 0.3 is 12.0 Å². The van der Waals surface area contributed by atoms with Crippen molar-refractivity contribution in [2.24, 2.45) is 5.92 Å². The van der Waals surface area contributed by atoms with Gasteiger partial charge in [0.2, 0.25) is 0 Å². The van der Waals surface area contributed by atoms with E-state index in [4.69, 9.17) is 5.11 Å². The quantitative estimate of drug-likeness (QED) is 0.542. The Hall–Kier alpha value is -2.64. The van der Waals surface area contributed by atoms with E-state index in [1.165, 1.54) is 24.3 Å². The third-order valence-corrected chi connectivity index (χ3v) is 2.62. The maximum atomic E-state index is 11.5. The van der Waals surface area contributed by atoms with Gasteiger partial charge in [-0.2, -0.15) is 0 Å². The minimum Gasteiger partial charge on any atom is -0.481 e. The lowest BCUT2D eigenvalue weighted by molar-refractivity contribution is -0.384. The SMILES string of the molecule is CC(CCNC(=O)Nc1ccc([N+](=O)[O-])cc1)C(=O)O. The van der Waals surface area contributed by atoms with Crippen molar-refractivity contribution in [2.45, 2.75) is 13.3 Å². The number of aliphatic carboxylic acids is 1. The first-order chi connectivity index (χ1) is 9.40. The molecule has 0 aliphatic rings. The number of nitrogens with one attached hydrogen (secondary N) is 2. The fraction of sp³-hybridized carbons (Fsp3) is 0.333. The molecule has 0 heterocycles. The molecule has 0 aliphatic carbocycles. The molecule has 0 fully saturated rings. The predicted molar refractivity (Wildman–Crippen MR) is 71.5 cm³/mol. The van der Waals surface area contributed by atoms with E-state index in [9.17, 15) is 19.7 Å². The number of hydrogen-bond donors (Lipinski definition) is 3. The van der Waals surface area contributed by atoms with Gasteiger partial charge in [-0.1, -0.05) is 6.92 Å². The zero-order chi connectivity index (χ0) is 15.1. The Balaban J connectivity index is 2.39. The highest BCUT2D eigenvalue weighted by atomic mass is 16.6. The highest BCUT2D eigenvalue weighted by Gasteiger charge is 2.11. The third kappa shape index (κ3) is 4.92. The second-order valence-corrected chi connectivity index (χ2v) is 4.21. The summed E-state index contributed by atoms with van der Waals surface area (Å²) in [6.07, 6.45) is 0.322. The van der Waals surface area contributed by atoms with E-state index in [1.54, 1.807) is 6.92 Å². The molecule has 8 nitrogen and oxygen atoms in total. The summed E-state index contributed by atoms with van der Waals surface area (Å²) in [7, 11) is 0. The lowest BCUT2D eigenvalue weighted by Gasteiger charge is -2.09. The number of benzene rings is 1. The maximum absolute atomic E-state index is 11.5. The van der Waals surface area contributed by atoms with Crippen molar-refractivity contribution in [1.29, 1.82) is 0 Å². The molecule has 3 N–H and O–H groups in total. The molecule has 1 aromatic rings. The Morgan fingerprint density at radius 3 is 2.45 bits per heavy atom. The largest absolute Gasteiger partial charge is 0.481 e. The average Bonchev–Trinajstić information content (AvgIpc) is 2.39. The molecule has 0 aliphatic heterocycles. The number of carbonyl (C=O) groups is 2. The lowest BCUT2D eigenvalue weighted by atomic mass is 10.1. The summed E-state index contributed by atoms with van der Waals surface area (Å²) >= 11 is 0. The van der Waals surface area contributed by atoms with Gasteiger partial charge in [0.15, 0.2) is 0 Å². The van der Waals surface area contributed by atoms with Crippen LogP contribution in [-0.4, -0.2) is 28.6 Å². The van der Waals surface area contributed by atoms with Gasteiger partial charge in [0.1, 0.15) is 0 Å². The first-order valence-electron chi connectivity index (χ1n) is 5.92.